The van der Waals surface area contributed by atoms with Crippen LogP contribution in [0, 0.1) is 10.1 Å². The third kappa shape index (κ3) is 2.00. The van der Waals surface area contributed by atoms with Gasteiger partial charge in [0, 0.05) is 25.8 Å². The van der Waals surface area contributed by atoms with Gasteiger partial charge >= 0.3 is 0 Å². The molecule has 0 aromatic heterocycles. The zero-order chi connectivity index (χ0) is 10.7. The van der Waals surface area contributed by atoms with Crippen molar-refractivity contribution in [1.29, 1.82) is 0 Å². The highest BCUT2D eigenvalue weighted by atomic mass is 16.6. The van der Waals surface area contributed by atoms with Gasteiger partial charge in [-0.1, -0.05) is 0 Å². The quantitative estimate of drug-likeness (QED) is 0.581. The first-order valence-electron chi connectivity index (χ1n) is 4.11. The molecule has 76 valence electrons. The smallest absolute Gasteiger partial charge is 0.276 e. The topological polar surface area (TPSA) is 66.6 Å². The molecule has 0 aliphatic rings. The van der Waals surface area contributed by atoms with Crippen LogP contribution in [0.1, 0.15) is 5.56 Å². The summed E-state index contributed by atoms with van der Waals surface area (Å²) in [6.45, 7) is -0.315. The SMILES string of the molecule is CN(C)c1ccc(CO)c([N+](=O)[O-])c1. The van der Waals surface area contributed by atoms with Crippen molar-refractivity contribution in [2.45, 2.75) is 6.61 Å². The van der Waals surface area contributed by atoms with E-state index >= 15 is 0 Å². The van der Waals surface area contributed by atoms with Gasteiger partial charge in [-0.2, -0.15) is 0 Å². The highest BCUT2D eigenvalue weighted by Gasteiger charge is 2.13. The Bertz CT molecular complexity index is 350. The third-order valence-electron chi connectivity index (χ3n) is 1.95. The van der Waals surface area contributed by atoms with Gasteiger partial charge in [0.15, 0.2) is 0 Å². The molecule has 1 N–H and O–H groups in total. The number of hydrogen-bond donors (Lipinski definition) is 1. The van der Waals surface area contributed by atoms with Crippen LogP contribution in [0.25, 0.3) is 0 Å². The maximum Gasteiger partial charge on any atom is 0.276 e. The van der Waals surface area contributed by atoms with E-state index in [1.54, 1.807) is 31.1 Å². The van der Waals surface area contributed by atoms with E-state index in [0.717, 1.165) is 5.69 Å². The van der Waals surface area contributed by atoms with Crippen LogP contribution >= 0.6 is 0 Å². The van der Waals surface area contributed by atoms with E-state index in [9.17, 15) is 10.1 Å². The summed E-state index contributed by atoms with van der Waals surface area (Å²) in [4.78, 5) is 11.9. The minimum atomic E-state index is -0.488. The molecule has 0 saturated heterocycles. The van der Waals surface area contributed by atoms with Crippen molar-refractivity contribution in [3.8, 4) is 0 Å². The highest BCUT2D eigenvalue weighted by Crippen LogP contribution is 2.24. The Morgan fingerprint density at radius 2 is 2.14 bits per heavy atom. The molecule has 0 bridgehead atoms. The van der Waals surface area contributed by atoms with Crippen molar-refractivity contribution < 1.29 is 10.0 Å². The van der Waals surface area contributed by atoms with Crippen LogP contribution in [0.4, 0.5) is 11.4 Å². The Morgan fingerprint density at radius 1 is 1.50 bits per heavy atom. The Morgan fingerprint density at radius 3 is 2.57 bits per heavy atom. The molecule has 0 unspecified atom stereocenters. The van der Waals surface area contributed by atoms with Gasteiger partial charge in [-0.25, -0.2) is 0 Å². The lowest BCUT2D eigenvalue weighted by atomic mass is 10.1. The highest BCUT2D eigenvalue weighted by molar-refractivity contribution is 5.55. The minimum absolute atomic E-state index is 0.0429. The summed E-state index contributed by atoms with van der Waals surface area (Å²) in [7, 11) is 3.61. The minimum Gasteiger partial charge on any atom is -0.391 e. The predicted molar refractivity (Wildman–Crippen MR) is 53.3 cm³/mol. The molecule has 1 aromatic rings. The van der Waals surface area contributed by atoms with Crippen LogP contribution in [0.15, 0.2) is 18.2 Å². The zero-order valence-corrected chi connectivity index (χ0v) is 8.10. The van der Waals surface area contributed by atoms with Gasteiger partial charge in [0.25, 0.3) is 5.69 Å². The monoisotopic (exact) mass is 196 g/mol. The molecule has 0 spiro atoms. The van der Waals surface area contributed by atoms with Crippen LogP contribution in [-0.2, 0) is 6.61 Å². The maximum absolute atomic E-state index is 10.6. The van der Waals surface area contributed by atoms with Gasteiger partial charge in [0.1, 0.15) is 0 Å². The molecule has 1 aromatic carbocycles. The molecule has 0 radical (unpaired) electrons. The normalized spacial score (nSPS) is 9.93. The standard InChI is InChI=1S/C9H12N2O3/c1-10(2)8-4-3-7(6-12)9(5-8)11(13)14/h3-5,12H,6H2,1-2H3. The number of benzene rings is 1. The van der Waals surface area contributed by atoms with E-state index in [4.69, 9.17) is 5.11 Å². The number of nitro groups is 1. The maximum atomic E-state index is 10.6. The second-order valence-electron chi connectivity index (χ2n) is 3.12. The Hall–Kier alpha value is -1.62. The van der Waals surface area contributed by atoms with Gasteiger partial charge in [0.05, 0.1) is 17.1 Å². The van der Waals surface area contributed by atoms with Gasteiger partial charge < -0.3 is 10.0 Å². The molecular formula is C9H12N2O3. The van der Waals surface area contributed by atoms with Gasteiger partial charge in [-0.3, -0.25) is 10.1 Å². The summed E-state index contributed by atoms with van der Waals surface area (Å²) in [5.74, 6) is 0. The zero-order valence-electron chi connectivity index (χ0n) is 8.10. The lowest BCUT2D eigenvalue weighted by Gasteiger charge is -2.12. The number of anilines is 1. The molecule has 1 rings (SSSR count). The van der Waals surface area contributed by atoms with Crippen molar-refractivity contribution in [2.24, 2.45) is 0 Å². The van der Waals surface area contributed by atoms with Gasteiger partial charge in [-0.05, 0) is 12.1 Å². The molecule has 0 aliphatic heterocycles. The molecule has 5 heteroatoms. The average molecular weight is 196 g/mol. The van der Waals surface area contributed by atoms with E-state index < -0.39 is 4.92 Å². The fourth-order valence-electron chi connectivity index (χ4n) is 1.13. The summed E-state index contributed by atoms with van der Waals surface area (Å²) >= 11 is 0. The average Bonchev–Trinajstić information content (AvgIpc) is 2.16. The Balaban J connectivity index is 3.21. The Labute approximate surface area is 81.7 Å². The van der Waals surface area contributed by atoms with E-state index in [1.165, 1.54) is 6.07 Å². The first-order valence-corrected chi connectivity index (χ1v) is 4.11. The van der Waals surface area contributed by atoms with E-state index in [-0.39, 0.29) is 12.3 Å². The third-order valence-corrected chi connectivity index (χ3v) is 1.95. The molecule has 14 heavy (non-hydrogen) atoms. The van der Waals surface area contributed by atoms with Crippen LogP contribution in [0.5, 0.6) is 0 Å². The van der Waals surface area contributed by atoms with Crippen molar-refractivity contribution in [3.05, 3.63) is 33.9 Å². The van der Waals surface area contributed by atoms with Crippen LogP contribution in [0.3, 0.4) is 0 Å². The fraction of sp³-hybridized carbons (Fsp3) is 0.333. The molecule has 0 aliphatic carbocycles. The number of nitro benzene ring substituents is 1. The van der Waals surface area contributed by atoms with Crippen LogP contribution < -0.4 is 4.90 Å². The number of aliphatic hydroxyl groups is 1. The number of rotatable bonds is 3. The summed E-state index contributed by atoms with van der Waals surface area (Å²) in [5, 5.41) is 19.5. The summed E-state index contributed by atoms with van der Waals surface area (Å²) in [6.07, 6.45) is 0. The molecular weight excluding hydrogens is 184 g/mol. The second kappa shape index (κ2) is 4.06. The molecule has 0 fully saturated rings. The number of nitrogens with zero attached hydrogens (tertiary/aromatic N) is 2. The molecule has 0 atom stereocenters. The molecule has 0 heterocycles. The summed E-state index contributed by atoms with van der Waals surface area (Å²) in [6, 6.07) is 4.75. The van der Waals surface area contributed by atoms with Crippen molar-refractivity contribution in [1.82, 2.24) is 0 Å². The second-order valence-corrected chi connectivity index (χ2v) is 3.12. The molecule has 0 saturated carbocycles. The number of hydrogen-bond acceptors (Lipinski definition) is 4. The van der Waals surface area contributed by atoms with Crippen molar-refractivity contribution >= 4 is 11.4 Å². The van der Waals surface area contributed by atoms with Crippen LogP contribution in [0.2, 0.25) is 0 Å². The lowest BCUT2D eigenvalue weighted by molar-refractivity contribution is -0.385. The number of aliphatic hydroxyl groups excluding tert-OH is 1. The molecule has 5 nitrogen and oxygen atoms in total. The van der Waals surface area contributed by atoms with E-state index in [2.05, 4.69) is 0 Å². The molecule has 0 amide bonds. The summed E-state index contributed by atoms with van der Waals surface area (Å²) in [5.41, 5.74) is 1.04. The van der Waals surface area contributed by atoms with Crippen LogP contribution in [-0.4, -0.2) is 24.1 Å². The van der Waals surface area contributed by atoms with E-state index in [0.29, 0.717) is 5.56 Å². The first-order chi connectivity index (χ1) is 6.56. The summed E-state index contributed by atoms with van der Waals surface area (Å²) < 4.78 is 0. The van der Waals surface area contributed by atoms with Gasteiger partial charge in [0.2, 0.25) is 0 Å². The predicted octanol–water partition coefficient (Wildman–Crippen LogP) is 1.15. The lowest BCUT2D eigenvalue weighted by Crippen LogP contribution is -2.09. The van der Waals surface area contributed by atoms with E-state index in [1.807, 2.05) is 0 Å². The van der Waals surface area contributed by atoms with Gasteiger partial charge in [-0.15, -0.1) is 0 Å². The van der Waals surface area contributed by atoms with Crippen molar-refractivity contribution in [2.75, 3.05) is 19.0 Å². The fourth-order valence-corrected chi connectivity index (χ4v) is 1.13. The largest absolute Gasteiger partial charge is 0.391 e. The van der Waals surface area contributed by atoms with Crippen molar-refractivity contribution in [3.63, 3.8) is 0 Å². The first kappa shape index (κ1) is 10.5. The Kier molecular flexibility index (Phi) is 3.03.